The molecule has 0 aromatic rings. The fourth-order valence-electron chi connectivity index (χ4n) is 1.70. The molecule has 1 atom stereocenters. The van der Waals surface area contributed by atoms with Crippen molar-refractivity contribution in [2.45, 2.75) is 60.5 Å². The van der Waals surface area contributed by atoms with Crippen molar-refractivity contribution in [3.8, 4) is 0 Å². The lowest BCUT2D eigenvalue weighted by atomic mass is 10.1. The summed E-state index contributed by atoms with van der Waals surface area (Å²) in [5, 5.41) is 3.60. The third kappa shape index (κ3) is 7.24. The van der Waals surface area contributed by atoms with Crippen LogP contribution >= 0.6 is 0 Å². The first-order chi connectivity index (χ1) is 7.34. The van der Waals surface area contributed by atoms with Gasteiger partial charge in [0.25, 0.3) is 0 Å². The van der Waals surface area contributed by atoms with Crippen molar-refractivity contribution in [2.24, 2.45) is 11.8 Å². The van der Waals surface area contributed by atoms with Gasteiger partial charge in [-0.15, -0.1) is 0 Å². The molecule has 0 heterocycles. The molecule has 0 aromatic carbocycles. The molecule has 0 radical (unpaired) electrons. The summed E-state index contributed by atoms with van der Waals surface area (Å²) in [6.07, 6.45) is 0. The molecule has 1 unspecified atom stereocenters. The van der Waals surface area contributed by atoms with Crippen LogP contribution in [0.2, 0.25) is 0 Å². The highest BCUT2D eigenvalue weighted by molar-refractivity contribution is 4.69. The SMILES string of the molecule is CC(C)CN(CCNC(C)C(C)C)C(C)C. The maximum atomic E-state index is 3.60. The topological polar surface area (TPSA) is 15.3 Å². The number of hydrogen-bond acceptors (Lipinski definition) is 2. The molecule has 0 saturated carbocycles. The first-order valence-corrected chi connectivity index (χ1v) is 6.82. The minimum Gasteiger partial charge on any atom is -0.313 e. The highest BCUT2D eigenvalue weighted by Crippen LogP contribution is 2.04. The summed E-state index contributed by atoms with van der Waals surface area (Å²) in [6, 6.07) is 1.27. The van der Waals surface area contributed by atoms with Gasteiger partial charge < -0.3 is 5.32 Å². The monoisotopic (exact) mass is 228 g/mol. The van der Waals surface area contributed by atoms with Crippen LogP contribution in [0.15, 0.2) is 0 Å². The minimum atomic E-state index is 0.619. The summed E-state index contributed by atoms with van der Waals surface area (Å²) >= 11 is 0. The van der Waals surface area contributed by atoms with Crippen molar-refractivity contribution in [3.63, 3.8) is 0 Å². The van der Waals surface area contributed by atoms with E-state index in [0.717, 1.165) is 24.9 Å². The van der Waals surface area contributed by atoms with E-state index in [1.54, 1.807) is 0 Å². The Morgan fingerprint density at radius 2 is 1.50 bits per heavy atom. The first kappa shape index (κ1) is 15.9. The van der Waals surface area contributed by atoms with E-state index in [1.807, 2.05) is 0 Å². The van der Waals surface area contributed by atoms with Crippen LogP contribution in [0.4, 0.5) is 0 Å². The number of nitrogens with one attached hydrogen (secondary N) is 1. The molecular formula is C14H32N2. The Kier molecular flexibility index (Phi) is 8.04. The van der Waals surface area contributed by atoms with Crippen LogP contribution in [0.3, 0.4) is 0 Å². The van der Waals surface area contributed by atoms with Gasteiger partial charge in [0, 0.05) is 31.7 Å². The molecule has 0 rings (SSSR count). The standard InChI is InChI=1S/C14H32N2/c1-11(2)10-16(13(5)6)9-8-15-14(7)12(3)4/h11-15H,8-10H2,1-7H3. The lowest BCUT2D eigenvalue weighted by Gasteiger charge is -2.29. The Bertz CT molecular complexity index is 164. The van der Waals surface area contributed by atoms with Gasteiger partial charge in [-0.1, -0.05) is 27.7 Å². The van der Waals surface area contributed by atoms with E-state index in [2.05, 4.69) is 58.7 Å². The zero-order valence-corrected chi connectivity index (χ0v) is 12.4. The molecule has 0 aliphatic rings. The van der Waals surface area contributed by atoms with Crippen molar-refractivity contribution < 1.29 is 0 Å². The van der Waals surface area contributed by atoms with Gasteiger partial charge in [0.1, 0.15) is 0 Å². The molecule has 0 aromatic heterocycles. The molecule has 98 valence electrons. The van der Waals surface area contributed by atoms with E-state index >= 15 is 0 Å². The average Bonchev–Trinajstić information content (AvgIpc) is 2.14. The van der Waals surface area contributed by atoms with Crippen LogP contribution in [-0.4, -0.2) is 36.6 Å². The summed E-state index contributed by atoms with van der Waals surface area (Å²) in [4.78, 5) is 2.56. The second-order valence-electron chi connectivity index (χ2n) is 5.97. The molecule has 0 saturated heterocycles. The predicted molar refractivity (Wildman–Crippen MR) is 73.8 cm³/mol. The van der Waals surface area contributed by atoms with Crippen molar-refractivity contribution in [1.82, 2.24) is 10.2 Å². The van der Waals surface area contributed by atoms with Gasteiger partial charge in [0.05, 0.1) is 0 Å². The van der Waals surface area contributed by atoms with Crippen LogP contribution in [0, 0.1) is 11.8 Å². The molecule has 0 aliphatic carbocycles. The minimum absolute atomic E-state index is 0.619. The zero-order chi connectivity index (χ0) is 12.7. The highest BCUT2D eigenvalue weighted by Gasteiger charge is 2.12. The molecule has 0 aliphatic heterocycles. The fraction of sp³-hybridized carbons (Fsp3) is 1.00. The van der Waals surface area contributed by atoms with E-state index in [1.165, 1.54) is 6.54 Å². The predicted octanol–water partition coefficient (Wildman–Crippen LogP) is 2.99. The van der Waals surface area contributed by atoms with Gasteiger partial charge in [-0.05, 0) is 32.6 Å². The second kappa shape index (κ2) is 8.08. The molecule has 0 fully saturated rings. The number of nitrogens with zero attached hydrogens (tertiary/aromatic N) is 1. The number of rotatable bonds is 8. The van der Waals surface area contributed by atoms with Crippen LogP contribution < -0.4 is 5.32 Å². The molecule has 0 amide bonds. The van der Waals surface area contributed by atoms with Gasteiger partial charge in [-0.3, -0.25) is 4.90 Å². The Hall–Kier alpha value is -0.0800. The van der Waals surface area contributed by atoms with Crippen molar-refractivity contribution in [3.05, 3.63) is 0 Å². The number of hydrogen-bond donors (Lipinski definition) is 1. The molecule has 0 bridgehead atoms. The fourth-order valence-corrected chi connectivity index (χ4v) is 1.70. The molecular weight excluding hydrogens is 196 g/mol. The lowest BCUT2D eigenvalue weighted by Crippen LogP contribution is -2.42. The Morgan fingerprint density at radius 3 is 1.88 bits per heavy atom. The van der Waals surface area contributed by atoms with Crippen LogP contribution in [0.25, 0.3) is 0 Å². The highest BCUT2D eigenvalue weighted by atomic mass is 15.2. The van der Waals surface area contributed by atoms with Crippen molar-refractivity contribution in [2.75, 3.05) is 19.6 Å². The summed E-state index contributed by atoms with van der Waals surface area (Å²) in [5.41, 5.74) is 0. The quantitative estimate of drug-likeness (QED) is 0.687. The largest absolute Gasteiger partial charge is 0.313 e. The molecule has 0 spiro atoms. The van der Waals surface area contributed by atoms with E-state index in [-0.39, 0.29) is 0 Å². The molecule has 2 heteroatoms. The van der Waals surface area contributed by atoms with E-state index in [4.69, 9.17) is 0 Å². The third-order valence-corrected chi connectivity index (χ3v) is 3.20. The van der Waals surface area contributed by atoms with E-state index in [9.17, 15) is 0 Å². The molecule has 2 nitrogen and oxygen atoms in total. The van der Waals surface area contributed by atoms with Crippen LogP contribution in [0.5, 0.6) is 0 Å². The van der Waals surface area contributed by atoms with E-state index < -0.39 is 0 Å². The summed E-state index contributed by atoms with van der Waals surface area (Å²) in [6.45, 7) is 19.4. The van der Waals surface area contributed by atoms with Crippen LogP contribution in [0.1, 0.15) is 48.5 Å². The maximum absolute atomic E-state index is 3.60. The van der Waals surface area contributed by atoms with Gasteiger partial charge in [-0.25, -0.2) is 0 Å². The van der Waals surface area contributed by atoms with E-state index in [0.29, 0.717) is 12.1 Å². The third-order valence-electron chi connectivity index (χ3n) is 3.20. The van der Waals surface area contributed by atoms with Gasteiger partial charge in [0.2, 0.25) is 0 Å². The van der Waals surface area contributed by atoms with Gasteiger partial charge in [-0.2, -0.15) is 0 Å². The van der Waals surface area contributed by atoms with Crippen LogP contribution in [-0.2, 0) is 0 Å². The lowest BCUT2D eigenvalue weighted by molar-refractivity contribution is 0.194. The Morgan fingerprint density at radius 1 is 0.938 bits per heavy atom. The zero-order valence-electron chi connectivity index (χ0n) is 12.4. The molecule has 1 N–H and O–H groups in total. The van der Waals surface area contributed by atoms with Gasteiger partial charge >= 0.3 is 0 Å². The first-order valence-electron chi connectivity index (χ1n) is 6.82. The van der Waals surface area contributed by atoms with Gasteiger partial charge in [0.15, 0.2) is 0 Å². The summed E-state index contributed by atoms with van der Waals surface area (Å²) in [5.74, 6) is 1.47. The van der Waals surface area contributed by atoms with Crippen molar-refractivity contribution >= 4 is 0 Å². The Labute approximate surface area is 103 Å². The molecule has 16 heavy (non-hydrogen) atoms. The Balaban J connectivity index is 3.85. The smallest absolute Gasteiger partial charge is 0.0110 e. The normalized spacial score (nSPS) is 14.4. The average molecular weight is 228 g/mol. The summed E-state index contributed by atoms with van der Waals surface area (Å²) < 4.78 is 0. The van der Waals surface area contributed by atoms with Crippen molar-refractivity contribution in [1.29, 1.82) is 0 Å². The second-order valence-corrected chi connectivity index (χ2v) is 5.97. The summed E-state index contributed by atoms with van der Waals surface area (Å²) in [7, 11) is 0. The maximum Gasteiger partial charge on any atom is 0.0110 e.